The van der Waals surface area contributed by atoms with Crippen LogP contribution in [0.4, 0.5) is 0 Å². The zero-order valence-electron chi connectivity index (χ0n) is 6.56. The summed E-state index contributed by atoms with van der Waals surface area (Å²) in [6, 6.07) is 0. The molecule has 0 saturated carbocycles. The monoisotopic (exact) mass is 270 g/mol. The molecule has 5 heteroatoms. The Labute approximate surface area is 79.5 Å². The Bertz CT molecular complexity index is 161. The van der Waals surface area contributed by atoms with Crippen molar-refractivity contribution in [1.82, 2.24) is 10.2 Å². The molecule has 0 aromatic heterocycles. The van der Waals surface area contributed by atoms with Crippen LogP contribution in [0.3, 0.4) is 0 Å². The zero-order chi connectivity index (χ0) is 8.85. The lowest BCUT2D eigenvalue weighted by atomic mass is 10.5. The number of carbonyl (C=O) groups excluding carboxylic acids is 2. The van der Waals surface area contributed by atoms with E-state index in [-0.39, 0.29) is 18.4 Å². The van der Waals surface area contributed by atoms with Gasteiger partial charge in [-0.1, -0.05) is 22.6 Å². The lowest BCUT2D eigenvalue weighted by Gasteiger charge is -2.13. The quantitative estimate of drug-likeness (QED) is 0.561. The molecule has 0 rings (SSSR count). The highest BCUT2D eigenvalue weighted by molar-refractivity contribution is 14.1. The van der Waals surface area contributed by atoms with E-state index >= 15 is 0 Å². The molecule has 0 saturated heterocycles. The van der Waals surface area contributed by atoms with E-state index in [1.54, 1.807) is 14.1 Å². The fourth-order valence-electron chi connectivity index (χ4n) is 0.485. The van der Waals surface area contributed by atoms with Crippen molar-refractivity contribution in [2.75, 3.05) is 25.1 Å². The topological polar surface area (TPSA) is 49.4 Å². The number of hydrogen-bond donors (Lipinski definition) is 1. The highest BCUT2D eigenvalue weighted by Crippen LogP contribution is 1.89. The molecule has 4 nitrogen and oxygen atoms in total. The molecule has 11 heavy (non-hydrogen) atoms. The van der Waals surface area contributed by atoms with Crippen LogP contribution >= 0.6 is 22.6 Å². The maximum Gasteiger partial charge on any atom is 0.239 e. The van der Waals surface area contributed by atoms with Crippen molar-refractivity contribution in [2.24, 2.45) is 0 Å². The van der Waals surface area contributed by atoms with Crippen LogP contribution in [0.5, 0.6) is 0 Å². The van der Waals surface area contributed by atoms with Crippen LogP contribution in [0.15, 0.2) is 0 Å². The normalized spacial score (nSPS) is 9.00. The molecule has 0 aliphatic rings. The van der Waals surface area contributed by atoms with Gasteiger partial charge in [0.1, 0.15) is 0 Å². The Morgan fingerprint density at radius 2 is 2.09 bits per heavy atom. The number of rotatable bonds is 3. The minimum absolute atomic E-state index is 0.0331. The second-order valence-corrected chi connectivity index (χ2v) is 2.82. The van der Waals surface area contributed by atoms with Crippen LogP contribution in [0, 0.1) is 0 Å². The molecule has 0 aromatic rings. The van der Waals surface area contributed by atoms with E-state index in [1.807, 2.05) is 22.6 Å². The number of nitrogens with one attached hydrogen (secondary N) is 1. The van der Waals surface area contributed by atoms with Crippen LogP contribution in [0.2, 0.25) is 0 Å². The summed E-state index contributed by atoms with van der Waals surface area (Å²) in [6.45, 7) is 0.137. The van der Waals surface area contributed by atoms with E-state index in [0.717, 1.165) is 0 Å². The lowest BCUT2D eigenvalue weighted by molar-refractivity contribution is -0.132. The number of likely N-dealkylation sites (N-methyl/N-ethyl adjacent to an activating group) is 2. The van der Waals surface area contributed by atoms with E-state index < -0.39 is 0 Å². The van der Waals surface area contributed by atoms with Gasteiger partial charge in [0.2, 0.25) is 11.8 Å². The number of halogens is 1. The summed E-state index contributed by atoms with van der Waals surface area (Å²) in [5.41, 5.74) is 0. The molecular formula is C6H11IN2O2. The summed E-state index contributed by atoms with van der Waals surface area (Å²) in [5, 5.41) is 2.44. The Balaban J connectivity index is 3.77. The smallest absolute Gasteiger partial charge is 0.239 e. The Morgan fingerprint density at radius 1 is 1.55 bits per heavy atom. The van der Waals surface area contributed by atoms with Crippen LogP contribution < -0.4 is 5.32 Å². The Hall–Kier alpha value is -0.330. The molecule has 1 N–H and O–H groups in total. The second-order valence-electron chi connectivity index (χ2n) is 2.06. The second kappa shape index (κ2) is 5.34. The van der Waals surface area contributed by atoms with Gasteiger partial charge >= 0.3 is 0 Å². The third kappa shape index (κ3) is 4.18. The number of alkyl halides is 1. The van der Waals surface area contributed by atoms with Gasteiger partial charge in [-0.05, 0) is 0 Å². The van der Waals surface area contributed by atoms with Crippen molar-refractivity contribution < 1.29 is 9.59 Å². The summed E-state index contributed by atoms with van der Waals surface area (Å²) < 4.78 is 0.408. The number of nitrogens with zero attached hydrogens (tertiary/aromatic N) is 1. The van der Waals surface area contributed by atoms with Gasteiger partial charge in [0, 0.05) is 14.1 Å². The standard InChI is InChI=1S/C6H11IN2O2/c1-8-5(10)4-9(2)6(11)3-7/h3-4H2,1-2H3,(H,8,10). The van der Waals surface area contributed by atoms with Gasteiger partial charge in [-0.15, -0.1) is 0 Å². The van der Waals surface area contributed by atoms with Gasteiger partial charge in [0.15, 0.2) is 0 Å². The third-order valence-electron chi connectivity index (χ3n) is 1.20. The SMILES string of the molecule is CNC(=O)CN(C)C(=O)CI. The van der Waals surface area contributed by atoms with Crippen molar-refractivity contribution >= 4 is 34.4 Å². The van der Waals surface area contributed by atoms with E-state index in [9.17, 15) is 9.59 Å². The van der Waals surface area contributed by atoms with Gasteiger partial charge in [-0.25, -0.2) is 0 Å². The molecule has 0 unspecified atom stereocenters. The van der Waals surface area contributed by atoms with E-state index in [0.29, 0.717) is 4.43 Å². The first-order valence-corrected chi connectivity index (χ1v) is 4.65. The molecule has 0 spiro atoms. The van der Waals surface area contributed by atoms with Crippen LogP contribution in [-0.2, 0) is 9.59 Å². The fraction of sp³-hybridized carbons (Fsp3) is 0.667. The molecule has 0 aliphatic heterocycles. The Kier molecular flexibility index (Phi) is 5.18. The summed E-state index contributed by atoms with van der Waals surface area (Å²) >= 11 is 1.96. The first kappa shape index (κ1) is 10.7. The van der Waals surface area contributed by atoms with Gasteiger partial charge in [-0.3, -0.25) is 9.59 Å². The van der Waals surface area contributed by atoms with Crippen molar-refractivity contribution in [3.63, 3.8) is 0 Å². The van der Waals surface area contributed by atoms with Crippen LogP contribution in [0.1, 0.15) is 0 Å². The predicted molar refractivity (Wildman–Crippen MR) is 50.6 cm³/mol. The van der Waals surface area contributed by atoms with Crippen molar-refractivity contribution in [3.8, 4) is 0 Å². The van der Waals surface area contributed by atoms with Gasteiger partial charge in [0.25, 0.3) is 0 Å². The maximum absolute atomic E-state index is 10.9. The minimum atomic E-state index is -0.147. The maximum atomic E-state index is 10.9. The molecule has 0 atom stereocenters. The average Bonchev–Trinajstić information content (AvgIpc) is 2.02. The molecule has 0 heterocycles. The highest BCUT2D eigenvalue weighted by atomic mass is 127. The molecule has 64 valence electrons. The van der Waals surface area contributed by atoms with E-state index in [2.05, 4.69) is 5.32 Å². The summed E-state index contributed by atoms with van der Waals surface area (Å²) in [4.78, 5) is 23.0. The van der Waals surface area contributed by atoms with Gasteiger partial charge < -0.3 is 10.2 Å². The number of carbonyl (C=O) groups is 2. The third-order valence-corrected chi connectivity index (χ3v) is 1.85. The lowest BCUT2D eigenvalue weighted by Crippen LogP contribution is -2.37. The molecule has 0 aromatic carbocycles. The zero-order valence-corrected chi connectivity index (χ0v) is 8.71. The first-order valence-electron chi connectivity index (χ1n) is 3.12. The molecule has 0 bridgehead atoms. The van der Waals surface area contributed by atoms with Crippen molar-refractivity contribution in [2.45, 2.75) is 0 Å². The van der Waals surface area contributed by atoms with E-state index in [1.165, 1.54) is 4.90 Å². The predicted octanol–water partition coefficient (Wildman–Crippen LogP) is -0.374. The molecule has 0 radical (unpaired) electrons. The molecule has 2 amide bonds. The number of amides is 2. The van der Waals surface area contributed by atoms with Crippen LogP contribution in [-0.4, -0.2) is 41.8 Å². The van der Waals surface area contributed by atoms with Gasteiger partial charge in [0.05, 0.1) is 11.0 Å². The average molecular weight is 270 g/mol. The minimum Gasteiger partial charge on any atom is -0.358 e. The fourth-order valence-corrected chi connectivity index (χ4v) is 1.07. The molecular weight excluding hydrogens is 259 g/mol. The van der Waals surface area contributed by atoms with Crippen LogP contribution in [0.25, 0.3) is 0 Å². The summed E-state index contributed by atoms with van der Waals surface area (Å²) in [6.07, 6.45) is 0. The first-order chi connectivity index (χ1) is 5.11. The largest absolute Gasteiger partial charge is 0.358 e. The number of hydrogen-bond acceptors (Lipinski definition) is 2. The summed E-state index contributed by atoms with van der Waals surface area (Å²) in [7, 11) is 3.15. The molecule has 0 aliphatic carbocycles. The van der Waals surface area contributed by atoms with E-state index in [4.69, 9.17) is 0 Å². The molecule has 0 fully saturated rings. The highest BCUT2D eigenvalue weighted by Gasteiger charge is 2.09. The van der Waals surface area contributed by atoms with Crippen molar-refractivity contribution in [3.05, 3.63) is 0 Å². The van der Waals surface area contributed by atoms with Crippen molar-refractivity contribution in [1.29, 1.82) is 0 Å². The van der Waals surface area contributed by atoms with Gasteiger partial charge in [-0.2, -0.15) is 0 Å². The summed E-state index contributed by atoms with van der Waals surface area (Å²) in [5.74, 6) is -0.181. The Morgan fingerprint density at radius 3 is 2.45 bits per heavy atom.